The van der Waals surface area contributed by atoms with Crippen LogP contribution in [-0.4, -0.2) is 40.1 Å². The molecule has 0 aliphatic carbocycles. The van der Waals surface area contributed by atoms with E-state index in [-0.39, 0.29) is 11.5 Å². The molecule has 1 aliphatic heterocycles. The average molecular weight is 376 g/mol. The molecule has 144 valence electrons. The molecule has 0 amide bonds. The van der Waals surface area contributed by atoms with Gasteiger partial charge in [0.05, 0.1) is 12.8 Å². The van der Waals surface area contributed by atoms with Gasteiger partial charge in [0.25, 0.3) is 5.56 Å². The third kappa shape index (κ3) is 3.82. The molecule has 28 heavy (non-hydrogen) atoms. The molecule has 6 nitrogen and oxygen atoms in total. The lowest BCUT2D eigenvalue weighted by molar-refractivity contribution is 0.316. The lowest BCUT2D eigenvalue weighted by atomic mass is 10.0. The fourth-order valence-corrected chi connectivity index (χ4v) is 3.92. The highest BCUT2D eigenvalue weighted by Crippen LogP contribution is 2.30. The molecule has 6 heteroatoms. The summed E-state index contributed by atoms with van der Waals surface area (Å²) in [6, 6.07) is 11.6. The average Bonchev–Trinajstić information content (AvgIpc) is 3.17. The Kier molecular flexibility index (Phi) is 5.21. The lowest BCUT2D eigenvalue weighted by Gasteiger charge is -2.19. The standard InChI is InChI=1S/C22H24N4O2/c1-15-4-3-5-18(21(15)28-2)14-26-11-8-17(13-26)19-12-20(27)25-22(24-19)16-6-9-23-10-7-16/h3-7,9-10,12,17H,8,11,13-14H2,1-2H3,(H,24,25,27)/t17-/m1/s1. The van der Waals surface area contributed by atoms with E-state index in [0.29, 0.717) is 5.82 Å². The van der Waals surface area contributed by atoms with Crippen LogP contribution in [0.5, 0.6) is 5.75 Å². The summed E-state index contributed by atoms with van der Waals surface area (Å²) < 4.78 is 5.59. The van der Waals surface area contributed by atoms with Gasteiger partial charge in [0, 0.05) is 48.6 Å². The second kappa shape index (κ2) is 7.94. The Morgan fingerprint density at radius 2 is 2.07 bits per heavy atom. The topological polar surface area (TPSA) is 71.1 Å². The summed E-state index contributed by atoms with van der Waals surface area (Å²) in [5.41, 5.74) is 3.95. The number of hydrogen-bond donors (Lipinski definition) is 1. The second-order valence-electron chi connectivity index (χ2n) is 7.24. The molecule has 0 saturated carbocycles. The summed E-state index contributed by atoms with van der Waals surface area (Å²) in [4.78, 5) is 26.2. The van der Waals surface area contributed by atoms with E-state index < -0.39 is 0 Å². The predicted octanol–water partition coefficient (Wildman–Crippen LogP) is 3.14. The number of benzene rings is 1. The van der Waals surface area contributed by atoms with Crippen molar-refractivity contribution in [2.75, 3.05) is 20.2 Å². The van der Waals surface area contributed by atoms with Crippen molar-refractivity contribution in [3.05, 3.63) is 76.0 Å². The molecule has 2 aromatic heterocycles. The maximum Gasteiger partial charge on any atom is 0.251 e. The number of nitrogens with one attached hydrogen (secondary N) is 1. The van der Waals surface area contributed by atoms with E-state index in [1.807, 2.05) is 12.1 Å². The van der Waals surface area contributed by atoms with E-state index >= 15 is 0 Å². The largest absolute Gasteiger partial charge is 0.496 e. The normalized spacial score (nSPS) is 17.0. The van der Waals surface area contributed by atoms with Gasteiger partial charge >= 0.3 is 0 Å². The molecule has 0 bridgehead atoms. The zero-order valence-corrected chi connectivity index (χ0v) is 16.2. The molecule has 1 saturated heterocycles. The van der Waals surface area contributed by atoms with Gasteiger partial charge in [-0.1, -0.05) is 18.2 Å². The van der Waals surface area contributed by atoms with Crippen molar-refractivity contribution >= 4 is 0 Å². The van der Waals surface area contributed by atoms with Crippen LogP contribution < -0.4 is 10.3 Å². The Balaban J connectivity index is 1.53. The van der Waals surface area contributed by atoms with E-state index in [9.17, 15) is 4.79 Å². The number of likely N-dealkylation sites (tertiary alicyclic amines) is 1. The number of H-pyrrole nitrogens is 1. The van der Waals surface area contributed by atoms with Crippen LogP contribution in [0.1, 0.15) is 29.2 Å². The monoisotopic (exact) mass is 376 g/mol. The van der Waals surface area contributed by atoms with Gasteiger partial charge in [-0.25, -0.2) is 4.98 Å². The molecule has 3 heterocycles. The van der Waals surface area contributed by atoms with Gasteiger partial charge in [0.1, 0.15) is 11.6 Å². The van der Waals surface area contributed by atoms with Gasteiger partial charge in [-0.05, 0) is 37.6 Å². The third-order valence-electron chi connectivity index (χ3n) is 5.30. The van der Waals surface area contributed by atoms with Crippen LogP contribution in [0.15, 0.2) is 53.6 Å². The van der Waals surface area contributed by atoms with Crippen LogP contribution >= 0.6 is 0 Å². The Morgan fingerprint density at radius 3 is 2.86 bits per heavy atom. The first-order valence-corrected chi connectivity index (χ1v) is 9.50. The number of pyridine rings is 1. The Hall–Kier alpha value is -2.99. The van der Waals surface area contributed by atoms with Crippen LogP contribution in [0.2, 0.25) is 0 Å². The smallest absolute Gasteiger partial charge is 0.251 e. The minimum absolute atomic E-state index is 0.115. The molecule has 4 rings (SSSR count). The molecule has 0 radical (unpaired) electrons. The van der Waals surface area contributed by atoms with Crippen molar-refractivity contribution in [2.24, 2.45) is 0 Å². The summed E-state index contributed by atoms with van der Waals surface area (Å²) in [6.45, 7) is 4.75. The van der Waals surface area contributed by atoms with E-state index in [0.717, 1.165) is 48.6 Å². The Bertz CT molecular complexity index is 1020. The number of methoxy groups -OCH3 is 1. The van der Waals surface area contributed by atoms with Crippen molar-refractivity contribution in [3.8, 4) is 17.1 Å². The molecular weight excluding hydrogens is 352 g/mol. The van der Waals surface area contributed by atoms with Gasteiger partial charge in [-0.2, -0.15) is 0 Å². The highest BCUT2D eigenvalue weighted by Gasteiger charge is 2.26. The number of para-hydroxylation sites is 1. The first-order chi connectivity index (χ1) is 13.6. The number of aryl methyl sites for hydroxylation is 1. The number of nitrogens with zero attached hydrogens (tertiary/aromatic N) is 3. The number of aromatic amines is 1. The summed E-state index contributed by atoms with van der Waals surface area (Å²) >= 11 is 0. The summed E-state index contributed by atoms with van der Waals surface area (Å²) in [7, 11) is 1.72. The van der Waals surface area contributed by atoms with Crippen LogP contribution in [0.4, 0.5) is 0 Å². The van der Waals surface area contributed by atoms with Gasteiger partial charge in [0.15, 0.2) is 0 Å². The summed E-state index contributed by atoms with van der Waals surface area (Å²) in [5, 5.41) is 0. The van der Waals surface area contributed by atoms with Crippen molar-refractivity contribution < 1.29 is 4.74 Å². The van der Waals surface area contributed by atoms with Crippen molar-refractivity contribution in [1.29, 1.82) is 0 Å². The molecule has 0 spiro atoms. The zero-order chi connectivity index (χ0) is 19.5. The molecular formula is C22H24N4O2. The minimum Gasteiger partial charge on any atom is -0.496 e. The fourth-order valence-electron chi connectivity index (χ4n) is 3.92. The van der Waals surface area contributed by atoms with E-state index in [2.05, 4.69) is 40.0 Å². The first kappa shape index (κ1) is 18.4. The van der Waals surface area contributed by atoms with Crippen molar-refractivity contribution in [2.45, 2.75) is 25.8 Å². The maximum atomic E-state index is 12.2. The van der Waals surface area contributed by atoms with Crippen molar-refractivity contribution in [1.82, 2.24) is 19.9 Å². The minimum atomic E-state index is -0.115. The number of aromatic nitrogens is 3. The van der Waals surface area contributed by atoms with Gasteiger partial charge < -0.3 is 9.72 Å². The summed E-state index contributed by atoms with van der Waals surface area (Å²) in [5.74, 6) is 1.81. The Labute approximate surface area is 164 Å². The van der Waals surface area contributed by atoms with Gasteiger partial charge in [0.2, 0.25) is 0 Å². The van der Waals surface area contributed by atoms with Crippen LogP contribution in [-0.2, 0) is 6.54 Å². The zero-order valence-electron chi connectivity index (χ0n) is 16.2. The SMILES string of the molecule is COc1c(C)cccc1CN1CC[C@@H](c2cc(=O)[nH]c(-c3ccncc3)n2)C1. The molecule has 1 aliphatic rings. The van der Waals surface area contributed by atoms with E-state index in [4.69, 9.17) is 9.72 Å². The van der Waals surface area contributed by atoms with E-state index in [1.165, 1.54) is 5.56 Å². The number of hydrogen-bond acceptors (Lipinski definition) is 5. The molecule has 3 aromatic rings. The molecule has 1 aromatic carbocycles. The molecule has 0 unspecified atom stereocenters. The quantitative estimate of drug-likeness (QED) is 0.741. The van der Waals surface area contributed by atoms with E-state index in [1.54, 1.807) is 25.6 Å². The fraction of sp³-hybridized carbons (Fsp3) is 0.318. The lowest BCUT2D eigenvalue weighted by Crippen LogP contribution is -2.21. The highest BCUT2D eigenvalue weighted by atomic mass is 16.5. The summed E-state index contributed by atoms with van der Waals surface area (Å²) in [6.07, 6.45) is 4.39. The van der Waals surface area contributed by atoms with Crippen molar-refractivity contribution in [3.63, 3.8) is 0 Å². The predicted molar refractivity (Wildman–Crippen MR) is 108 cm³/mol. The molecule has 1 N–H and O–H groups in total. The maximum absolute atomic E-state index is 12.2. The molecule has 1 atom stereocenters. The first-order valence-electron chi connectivity index (χ1n) is 9.50. The van der Waals surface area contributed by atoms with Crippen LogP contribution in [0.25, 0.3) is 11.4 Å². The Morgan fingerprint density at radius 1 is 1.25 bits per heavy atom. The number of ether oxygens (including phenoxy) is 1. The second-order valence-corrected chi connectivity index (χ2v) is 7.24. The molecule has 1 fully saturated rings. The van der Waals surface area contributed by atoms with Crippen LogP contribution in [0, 0.1) is 6.92 Å². The number of rotatable bonds is 5. The third-order valence-corrected chi connectivity index (χ3v) is 5.30. The van der Waals surface area contributed by atoms with Gasteiger partial charge in [-0.15, -0.1) is 0 Å². The van der Waals surface area contributed by atoms with Crippen LogP contribution in [0.3, 0.4) is 0 Å². The highest BCUT2D eigenvalue weighted by molar-refractivity contribution is 5.53. The van der Waals surface area contributed by atoms with Gasteiger partial charge in [-0.3, -0.25) is 14.7 Å².